The van der Waals surface area contributed by atoms with Crippen LogP contribution in [-0.4, -0.2) is 7.11 Å². The SMILES string of the molecule is COc1cc(F)c(C(C)C)cc1-c1cc(C)c(C(F)(F)F)cc1CBr. The van der Waals surface area contributed by atoms with E-state index in [9.17, 15) is 17.6 Å². The van der Waals surface area contributed by atoms with Gasteiger partial charge in [-0.3, -0.25) is 0 Å². The number of rotatable bonds is 4. The van der Waals surface area contributed by atoms with Crippen molar-refractivity contribution in [2.75, 3.05) is 7.11 Å². The lowest BCUT2D eigenvalue weighted by molar-refractivity contribution is -0.138. The highest BCUT2D eigenvalue weighted by molar-refractivity contribution is 9.08. The van der Waals surface area contributed by atoms with Crippen molar-refractivity contribution in [2.24, 2.45) is 0 Å². The average Bonchev–Trinajstić information content (AvgIpc) is 2.52. The van der Waals surface area contributed by atoms with Gasteiger partial charge in [-0.25, -0.2) is 4.39 Å². The Morgan fingerprint density at radius 1 is 1.08 bits per heavy atom. The Morgan fingerprint density at radius 3 is 2.20 bits per heavy atom. The molecule has 0 saturated carbocycles. The van der Waals surface area contributed by atoms with Gasteiger partial charge in [0, 0.05) is 17.0 Å². The lowest BCUT2D eigenvalue weighted by Crippen LogP contribution is -2.09. The minimum Gasteiger partial charge on any atom is -0.496 e. The van der Waals surface area contributed by atoms with Gasteiger partial charge in [-0.1, -0.05) is 35.8 Å². The molecule has 0 aliphatic carbocycles. The lowest BCUT2D eigenvalue weighted by atomic mass is 9.91. The van der Waals surface area contributed by atoms with Crippen LogP contribution in [0.2, 0.25) is 0 Å². The summed E-state index contributed by atoms with van der Waals surface area (Å²) >= 11 is 3.26. The van der Waals surface area contributed by atoms with Crippen LogP contribution in [0.25, 0.3) is 11.1 Å². The number of alkyl halides is 4. The van der Waals surface area contributed by atoms with Crippen LogP contribution in [0.4, 0.5) is 17.6 Å². The number of aryl methyl sites for hydroxylation is 1. The van der Waals surface area contributed by atoms with E-state index in [1.165, 1.54) is 26.2 Å². The van der Waals surface area contributed by atoms with Gasteiger partial charge in [-0.15, -0.1) is 0 Å². The molecular weight excluding hydrogens is 400 g/mol. The second-order valence-electron chi connectivity index (χ2n) is 6.18. The third-order valence-corrected chi connectivity index (χ3v) is 4.73. The number of hydrogen-bond donors (Lipinski definition) is 0. The first kappa shape index (κ1) is 19.8. The van der Waals surface area contributed by atoms with Crippen LogP contribution < -0.4 is 4.74 Å². The van der Waals surface area contributed by atoms with Gasteiger partial charge < -0.3 is 4.74 Å². The van der Waals surface area contributed by atoms with Crippen molar-refractivity contribution in [1.82, 2.24) is 0 Å². The molecule has 0 aromatic heterocycles. The number of hydrogen-bond acceptors (Lipinski definition) is 1. The Hall–Kier alpha value is -1.56. The van der Waals surface area contributed by atoms with Crippen LogP contribution in [0.5, 0.6) is 5.75 Å². The monoisotopic (exact) mass is 418 g/mol. The highest BCUT2D eigenvalue weighted by Gasteiger charge is 2.33. The maximum absolute atomic E-state index is 14.2. The van der Waals surface area contributed by atoms with Crippen molar-refractivity contribution in [3.8, 4) is 16.9 Å². The van der Waals surface area contributed by atoms with E-state index in [0.717, 1.165) is 6.07 Å². The summed E-state index contributed by atoms with van der Waals surface area (Å²) in [6, 6.07) is 5.57. The topological polar surface area (TPSA) is 9.23 Å². The summed E-state index contributed by atoms with van der Waals surface area (Å²) in [6.07, 6.45) is -4.42. The van der Waals surface area contributed by atoms with Crippen LogP contribution in [-0.2, 0) is 11.5 Å². The van der Waals surface area contributed by atoms with E-state index in [4.69, 9.17) is 4.74 Å². The van der Waals surface area contributed by atoms with Crippen molar-refractivity contribution in [1.29, 1.82) is 0 Å². The standard InChI is InChI=1S/C19H19BrF4O/c1-10(2)13-7-15(18(25-4)8-17(13)21)14-5-11(3)16(19(22,23)24)6-12(14)9-20/h5-8,10H,9H2,1-4H3. The summed E-state index contributed by atoms with van der Waals surface area (Å²) < 4.78 is 59.0. The normalized spacial score (nSPS) is 11.9. The highest BCUT2D eigenvalue weighted by atomic mass is 79.9. The zero-order valence-electron chi connectivity index (χ0n) is 14.4. The zero-order chi connectivity index (χ0) is 18.9. The fourth-order valence-electron chi connectivity index (χ4n) is 2.81. The summed E-state index contributed by atoms with van der Waals surface area (Å²) in [5.74, 6) is -0.157. The molecule has 2 rings (SSSR count). The molecular formula is C19H19BrF4O. The van der Waals surface area contributed by atoms with E-state index in [1.807, 2.05) is 13.8 Å². The lowest BCUT2D eigenvalue weighted by Gasteiger charge is -2.19. The third kappa shape index (κ3) is 4.00. The molecule has 0 fully saturated rings. The summed E-state index contributed by atoms with van der Waals surface area (Å²) in [5, 5.41) is 0.239. The maximum Gasteiger partial charge on any atom is 0.416 e. The second-order valence-corrected chi connectivity index (χ2v) is 6.75. The minimum absolute atomic E-state index is 0.0624. The molecule has 0 amide bonds. The molecule has 0 N–H and O–H groups in total. The van der Waals surface area contributed by atoms with E-state index in [2.05, 4.69) is 15.9 Å². The van der Waals surface area contributed by atoms with Gasteiger partial charge in [0.05, 0.1) is 12.7 Å². The Labute approximate surface area is 153 Å². The van der Waals surface area contributed by atoms with Gasteiger partial charge in [-0.05, 0) is 47.2 Å². The first-order chi connectivity index (χ1) is 11.6. The van der Waals surface area contributed by atoms with Crippen LogP contribution >= 0.6 is 15.9 Å². The first-order valence-electron chi connectivity index (χ1n) is 7.74. The van der Waals surface area contributed by atoms with Crippen LogP contribution in [0.15, 0.2) is 24.3 Å². The molecule has 0 heterocycles. The molecule has 0 atom stereocenters. The van der Waals surface area contributed by atoms with E-state index in [0.29, 0.717) is 28.0 Å². The van der Waals surface area contributed by atoms with Crippen LogP contribution in [0, 0.1) is 12.7 Å². The maximum atomic E-state index is 14.2. The van der Waals surface area contributed by atoms with E-state index < -0.39 is 11.7 Å². The summed E-state index contributed by atoms with van der Waals surface area (Å²) in [4.78, 5) is 0. The Balaban J connectivity index is 2.77. The molecule has 0 bridgehead atoms. The minimum atomic E-state index is -4.42. The highest BCUT2D eigenvalue weighted by Crippen LogP contribution is 2.41. The second kappa shape index (κ2) is 7.36. The Bertz CT molecular complexity index is 782. The van der Waals surface area contributed by atoms with Crippen molar-refractivity contribution >= 4 is 15.9 Å². The van der Waals surface area contributed by atoms with E-state index >= 15 is 0 Å². The first-order valence-corrected chi connectivity index (χ1v) is 8.86. The van der Waals surface area contributed by atoms with Crippen molar-refractivity contribution in [3.63, 3.8) is 0 Å². The molecule has 25 heavy (non-hydrogen) atoms. The van der Waals surface area contributed by atoms with Gasteiger partial charge >= 0.3 is 6.18 Å². The van der Waals surface area contributed by atoms with E-state index in [1.54, 1.807) is 6.07 Å². The summed E-state index contributed by atoms with van der Waals surface area (Å²) in [7, 11) is 1.41. The molecule has 2 aromatic carbocycles. The molecule has 6 heteroatoms. The fraction of sp³-hybridized carbons (Fsp3) is 0.368. The van der Waals surface area contributed by atoms with E-state index in [-0.39, 0.29) is 22.6 Å². The number of methoxy groups -OCH3 is 1. The smallest absolute Gasteiger partial charge is 0.416 e. The molecule has 0 spiro atoms. The van der Waals surface area contributed by atoms with Gasteiger partial charge in [0.1, 0.15) is 11.6 Å². The quantitative estimate of drug-likeness (QED) is 0.389. The van der Waals surface area contributed by atoms with Gasteiger partial charge in [0.2, 0.25) is 0 Å². The number of benzene rings is 2. The third-order valence-electron chi connectivity index (χ3n) is 4.13. The summed E-state index contributed by atoms with van der Waals surface area (Å²) in [5.41, 5.74) is 1.59. The molecule has 1 nitrogen and oxygen atoms in total. The van der Waals surface area contributed by atoms with Crippen molar-refractivity contribution in [3.05, 3.63) is 52.3 Å². The predicted molar refractivity (Wildman–Crippen MR) is 94.8 cm³/mol. The van der Waals surface area contributed by atoms with Gasteiger partial charge in [0.15, 0.2) is 0 Å². The van der Waals surface area contributed by atoms with Crippen molar-refractivity contribution < 1.29 is 22.3 Å². The van der Waals surface area contributed by atoms with Gasteiger partial charge in [-0.2, -0.15) is 13.2 Å². The molecule has 0 unspecified atom stereocenters. The zero-order valence-corrected chi connectivity index (χ0v) is 16.0. The molecule has 0 aliphatic rings. The largest absolute Gasteiger partial charge is 0.496 e. The Kier molecular flexibility index (Phi) is 5.82. The predicted octanol–water partition coefficient (Wildman–Crippen LogP) is 6.85. The van der Waals surface area contributed by atoms with Gasteiger partial charge in [0.25, 0.3) is 0 Å². The molecule has 136 valence electrons. The molecule has 0 saturated heterocycles. The average molecular weight is 419 g/mol. The molecule has 0 aliphatic heterocycles. The number of halogens is 5. The Morgan fingerprint density at radius 2 is 1.72 bits per heavy atom. The molecule has 2 aromatic rings. The summed E-state index contributed by atoms with van der Waals surface area (Å²) in [6.45, 7) is 5.14. The van der Waals surface area contributed by atoms with Crippen LogP contribution in [0.1, 0.15) is 42.0 Å². The van der Waals surface area contributed by atoms with Crippen LogP contribution in [0.3, 0.4) is 0 Å². The fourth-order valence-corrected chi connectivity index (χ4v) is 3.28. The number of ether oxygens (including phenoxy) is 1. The van der Waals surface area contributed by atoms with Crippen molar-refractivity contribution in [2.45, 2.75) is 38.2 Å². The molecule has 0 radical (unpaired) electrons.